The van der Waals surface area contributed by atoms with Crippen molar-refractivity contribution in [1.82, 2.24) is 19.8 Å². The van der Waals surface area contributed by atoms with E-state index < -0.39 is 0 Å². The summed E-state index contributed by atoms with van der Waals surface area (Å²) in [7, 11) is 10.9. The highest BCUT2D eigenvalue weighted by molar-refractivity contribution is 8.76. The third-order valence-corrected chi connectivity index (χ3v) is 9.40. The van der Waals surface area contributed by atoms with E-state index in [1.165, 1.54) is 0 Å². The zero-order valence-electron chi connectivity index (χ0n) is 27.8. The summed E-state index contributed by atoms with van der Waals surface area (Å²) in [4.78, 5) is 24.3. The molecule has 4 aromatic rings. The van der Waals surface area contributed by atoms with Crippen molar-refractivity contribution in [3.8, 4) is 0 Å². The molecule has 4 rings (SSSR count). The second kappa shape index (κ2) is 19.2. The Morgan fingerprint density at radius 2 is 1.02 bits per heavy atom. The van der Waals surface area contributed by atoms with Crippen LogP contribution in [0.2, 0.25) is 0 Å². The molecule has 0 unspecified atom stereocenters. The lowest BCUT2D eigenvalue weighted by molar-refractivity contribution is -0.657. The first-order valence-electron chi connectivity index (χ1n) is 15.6. The van der Waals surface area contributed by atoms with Crippen LogP contribution in [0.4, 0.5) is 34.6 Å². The minimum absolute atomic E-state index is 0.0140. The first-order valence-corrected chi connectivity index (χ1v) is 18.1. The summed E-state index contributed by atoms with van der Waals surface area (Å²) in [5.41, 5.74) is 3.41. The molecule has 0 aliphatic carbocycles. The highest BCUT2D eigenvalue weighted by Crippen LogP contribution is 2.23. The molecule has 0 atom stereocenters. The van der Waals surface area contributed by atoms with E-state index in [0.717, 1.165) is 34.6 Å². The van der Waals surface area contributed by atoms with Gasteiger partial charge in [-0.25, -0.2) is 18.3 Å². The Labute approximate surface area is 288 Å². The van der Waals surface area contributed by atoms with Crippen LogP contribution >= 0.6 is 21.6 Å². The molecule has 16 heteroatoms. The summed E-state index contributed by atoms with van der Waals surface area (Å²) >= 11 is 0. The molecule has 0 aliphatic rings. The molecule has 0 spiro atoms. The number of rotatable bonds is 19. The monoisotopic (exact) mass is 692 g/mol. The lowest BCUT2D eigenvalue weighted by Gasteiger charge is -2.08. The van der Waals surface area contributed by atoms with E-state index in [0.29, 0.717) is 50.5 Å². The topological polar surface area (TPSA) is 149 Å². The van der Waals surface area contributed by atoms with Gasteiger partial charge in [0.2, 0.25) is 11.8 Å². The Hall–Kier alpha value is -4.70. The van der Waals surface area contributed by atoms with Crippen LogP contribution in [-0.4, -0.2) is 58.6 Å². The fourth-order valence-electron chi connectivity index (χ4n) is 4.32. The third-order valence-electron chi connectivity index (χ3n) is 6.99. The van der Waals surface area contributed by atoms with Crippen molar-refractivity contribution in [2.24, 2.45) is 48.6 Å². The van der Waals surface area contributed by atoms with Crippen LogP contribution in [0.25, 0.3) is 0 Å². The number of azo groups is 2. The normalized spacial score (nSPS) is 11.3. The minimum atomic E-state index is 0.0140. The second-order valence-electron chi connectivity index (χ2n) is 10.8. The number of nitrogens with zero attached hydrogens (tertiary/aromatic N) is 8. The molecule has 2 aromatic carbocycles. The first-order chi connectivity index (χ1) is 23.3. The fourth-order valence-corrected chi connectivity index (χ4v) is 6.30. The number of benzene rings is 2. The van der Waals surface area contributed by atoms with Gasteiger partial charge in [0.25, 0.3) is 0 Å². The number of anilines is 2. The van der Waals surface area contributed by atoms with Gasteiger partial charge in [0.1, 0.15) is 11.4 Å². The third kappa shape index (κ3) is 12.2. The number of carbonyl (C=O) groups is 2. The summed E-state index contributed by atoms with van der Waals surface area (Å²) in [6.07, 6.45) is 8.57. The van der Waals surface area contributed by atoms with Crippen LogP contribution < -0.4 is 30.4 Å². The predicted molar refractivity (Wildman–Crippen MR) is 192 cm³/mol. The maximum atomic E-state index is 12.2. The van der Waals surface area contributed by atoms with Gasteiger partial charge in [0.15, 0.2) is 0 Å². The van der Waals surface area contributed by atoms with E-state index in [-0.39, 0.29) is 11.8 Å². The van der Waals surface area contributed by atoms with Gasteiger partial charge in [-0.05, 0) is 48.5 Å². The van der Waals surface area contributed by atoms with E-state index in [2.05, 4.69) is 41.7 Å². The van der Waals surface area contributed by atoms with Gasteiger partial charge in [0.05, 0.1) is 53.0 Å². The summed E-state index contributed by atoms with van der Waals surface area (Å²) in [6.45, 7) is 2.29. The highest BCUT2D eigenvalue weighted by Gasteiger charge is 2.11. The molecule has 0 bridgehead atoms. The van der Waals surface area contributed by atoms with Gasteiger partial charge in [-0.1, -0.05) is 31.8 Å². The van der Waals surface area contributed by atoms with Crippen LogP contribution in [0.5, 0.6) is 0 Å². The van der Waals surface area contributed by atoms with E-state index in [1.807, 2.05) is 120 Å². The molecule has 0 fully saturated rings. The van der Waals surface area contributed by atoms with Crippen molar-refractivity contribution in [2.45, 2.75) is 12.8 Å². The van der Waals surface area contributed by atoms with Crippen LogP contribution in [0.3, 0.4) is 0 Å². The van der Waals surface area contributed by atoms with Gasteiger partial charge in [-0.2, -0.15) is 0 Å². The van der Waals surface area contributed by atoms with Crippen molar-refractivity contribution in [3.63, 3.8) is 0 Å². The Morgan fingerprint density at radius 1 is 0.625 bits per heavy atom. The van der Waals surface area contributed by atoms with Gasteiger partial charge < -0.3 is 21.3 Å². The van der Waals surface area contributed by atoms with Crippen LogP contribution in [0.15, 0.2) is 93.8 Å². The molecule has 2 amide bonds. The Morgan fingerprint density at radius 3 is 1.38 bits per heavy atom. The van der Waals surface area contributed by atoms with Crippen molar-refractivity contribution >= 4 is 68.0 Å². The van der Waals surface area contributed by atoms with Gasteiger partial charge >= 0.3 is 11.9 Å². The SMILES string of the molecule is Cn1cc[n+](C)c1N=Nc1ccc(NCCNC(=O)CCSSCCC(=O)NCCNc2ccc(N=Nc3n(C)cc[n+]3C)cc2)cc1. The van der Waals surface area contributed by atoms with Crippen LogP contribution in [-0.2, 0) is 37.8 Å². The molecule has 2 aromatic heterocycles. The summed E-state index contributed by atoms with van der Waals surface area (Å²) in [5, 5.41) is 29.6. The average molecular weight is 693 g/mol. The average Bonchev–Trinajstić information content (AvgIpc) is 3.59. The molecular formula is C32H44N12O2S2+2. The van der Waals surface area contributed by atoms with Crippen molar-refractivity contribution in [2.75, 3.05) is 48.3 Å². The van der Waals surface area contributed by atoms with Crippen molar-refractivity contribution < 1.29 is 18.7 Å². The number of hydrogen-bond acceptors (Lipinski definition) is 10. The number of hydrogen-bond donors (Lipinski definition) is 4. The van der Waals surface area contributed by atoms with Gasteiger partial charge in [-0.15, -0.1) is 0 Å². The molecule has 0 saturated heterocycles. The standard InChI is InChI=1S/C32H42N12O2S2/c1-41-19-20-42(2)31(41)39-37-27-9-5-25(6-10-27)33-15-17-35-29(45)13-23-47-48-24-14-30(46)36-18-16-34-26-7-11-28(12-8-26)38-40-32-43(3)21-22-44(32)4/h5-12,19-22H,13-18,23-24H2,1-4H3,(H2,35,36,45,46)/p+2. The van der Waals surface area contributed by atoms with Gasteiger partial charge in [-0.3, -0.25) is 9.59 Å². The lowest BCUT2D eigenvalue weighted by Crippen LogP contribution is -2.29. The molecule has 2 heterocycles. The van der Waals surface area contributed by atoms with E-state index in [1.54, 1.807) is 21.6 Å². The molecule has 0 saturated carbocycles. The lowest BCUT2D eigenvalue weighted by atomic mass is 10.3. The number of amides is 2. The van der Waals surface area contributed by atoms with Crippen molar-refractivity contribution in [1.29, 1.82) is 0 Å². The highest BCUT2D eigenvalue weighted by atomic mass is 33.1. The van der Waals surface area contributed by atoms with E-state index in [4.69, 9.17) is 0 Å². The summed E-state index contributed by atoms with van der Waals surface area (Å²) in [6, 6.07) is 15.3. The van der Waals surface area contributed by atoms with Crippen LogP contribution in [0, 0.1) is 0 Å². The molecule has 14 nitrogen and oxygen atoms in total. The number of carbonyl (C=O) groups excluding carboxylic acids is 2. The minimum Gasteiger partial charge on any atom is -0.383 e. The molecule has 48 heavy (non-hydrogen) atoms. The molecule has 0 aliphatic heterocycles. The molecule has 0 radical (unpaired) electrons. The maximum Gasteiger partial charge on any atom is 0.421 e. The Balaban J connectivity index is 0.968. The number of nitrogens with one attached hydrogen (secondary N) is 4. The largest absolute Gasteiger partial charge is 0.421 e. The first kappa shape index (κ1) is 36.1. The second-order valence-corrected chi connectivity index (χ2v) is 13.5. The smallest absolute Gasteiger partial charge is 0.383 e. The molecular weight excluding hydrogens is 649 g/mol. The fraction of sp³-hybridized carbons (Fsp3) is 0.375. The Kier molecular flexibility index (Phi) is 14.5. The number of aromatic nitrogens is 4. The summed E-state index contributed by atoms with van der Waals surface area (Å²) in [5.74, 6) is 2.92. The quantitative estimate of drug-likeness (QED) is 0.0482. The molecule has 4 N–H and O–H groups in total. The zero-order valence-corrected chi connectivity index (χ0v) is 29.4. The Bertz CT molecular complexity index is 1500. The maximum absolute atomic E-state index is 12.2. The number of imidazole rings is 2. The van der Waals surface area contributed by atoms with Crippen molar-refractivity contribution in [3.05, 3.63) is 73.3 Å². The molecule has 254 valence electrons. The van der Waals surface area contributed by atoms with Crippen LogP contribution in [0.1, 0.15) is 12.8 Å². The van der Waals surface area contributed by atoms with Gasteiger partial charge in [0, 0.05) is 72.1 Å². The van der Waals surface area contributed by atoms with E-state index in [9.17, 15) is 9.59 Å². The predicted octanol–water partition coefficient (Wildman–Crippen LogP) is 4.76. The van der Waals surface area contributed by atoms with E-state index >= 15 is 0 Å². The number of aryl methyl sites for hydroxylation is 4. The zero-order chi connectivity index (χ0) is 34.1. The summed E-state index contributed by atoms with van der Waals surface area (Å²) < 4.78 is 7.61.